The Morgan fingerprint density at radius 2 is 1.59 bits per heavy atom. The molecular weight excluding hydrogens is 384 g/mol. The van der Waals surface area contributed by atoms with Gasteiger partial charge in [-0.2, -0.15) is 4.72 Å². The first-order chi connectivity index (χ1) is 13.8. The Morgan fingerprint density at radius 1 is 1.00 bits per heavy atom. The number of hydrogen-bond acceptors (Lipinski definition) is 3. The monoisotopic (exact) mass is 414 g/mol. The molecule has 156 valence electrons. The zero-order valence-corrected chi connectivity index (χ0v) is 18.0. The maximum absolute atomic E-state index is 12.7. The molecule has 0 aromatic heterocycles. The topological polar surface area (TPSA) is 75.3 Å². The second kappa shape index (κ2) is 10.9. The minimum absolute atomic E-state index is 0.183. The summed E-state index contributed by atoms with van der Waals surface area (Å²) in [5, 5.41) is 4.02. The maximum atomic E-state index is 12.7. The Kier molecular flexibility index (Phi) is 8.61. The number of rotatable bonds is 10. The molecule has 1 amide bonds. The molecule has 2 atom stereocenters. The van der Waals surface area contributed by atoms with Crippen molar-refractivity contribution in [2.75, 3.05) is 6.54 Å². The predicted octanol–water partition coefficient (Wildman–Crippen LogP) is 3.91. The molecule has 2 N–H and O–H groups in total. The van der Waals surface area contributed by atoms with Crippen LogP contribution >= 0.6 is 0 Å². The summed E-state index contributed by atoms with van der Waals surface area (Å²) >= 11 is 0. The second-order valence-electron chi connectivity index (χ2n) is 7.36. The molecule has 0 aliphatic carbocycles. The van der Waals surface area contributed by atoms with Crippen LogP contribution in [0.5, 0.6) is 0 Å². The summed E-state index contributed by atoms with van der Waals surface area (Å²) < 4.78 is 27.4. The van der Waals surface area contributed by atoms with Crippen LogP contribution in [-0.2, 0) is 14.8 Å². The molecule has 6 heteroatoms. The van der Waals surface area contributed by atoms with Crippen LogP contribution in [-0.4, -0.2) is 26.9 Å². The molecule has 0 radical (unpaired) electrons. The minimum Gasteiger partial charge on any atom is -0.354 e. The van der Waals surface area contributed by atoms with Gasteiger partial charge < -0.3 is 5.32 Å². The highest BCUT2D eigenvalue weighted by molar-refractivity contribution is 7.92. The normalized spacial score (nSPS) is 14.1. The van der Waals surface area contributed by atoms with Gasteiger partial charge in [-0.05, 0) is 29.5 Å². The summed E-state index contributed by atoms with van der Waals surface area (Å²) in [6.07, 6.45) is 2.39. The summed E-state index contributed by atoms with van der Waals surface area (Å²) in [4.78, 5) is 12.7. The SMILES string of the molecule is CCC(CNC(=O)C(NS(=O)(=O)C=Cc1ccccc1)C(C)C)c1ccccc1. The molecule has 0 aliphatic rings. The van der Waals surface area contributed by atoms with E-state index in [4.69, 9.17) is 0 Å². The summed E-state index contributed by atoms with van der Waals surface area (Å²) in [5.74, 6) is -0.319. The number of sulfonamides is 1. The first-order valence-electron chi connectivity index (χ1n) is 9.90. The fourth-order valence-electron chi connectivity index (χ4n) is 3.00. The van der Waals surface area contributed by atoms with Crippen molar-refractivity contribution in [2.24, 2.45) is 5.92 Å². The summed E-state index contributed by atoms with van der Waals surface area (Å²) in [7, 11) is -3.76. The van der Waals surface area contributed by atoms with Crippen LogP contribution in [0.2, 0.25) is 0 Å². The van der Waals surface area contributed by atoms with Gasteiger partial charge in [0, 0.05) is 17.9 Å². The Bertz CT molecular complexity index is 894. The average Bonchev–Trinajstić information content (AvgIpc) is 2.72. The van der Waals surface area contributed by atoms with Crippen molar-refractivity contribution in [1.29, 1.82) is 0 Å². The molecule has 0 bridgehead atoms. The van der Waals surface area contributed by atoms with Crippen molar-refractivity contribution in [3.8, 4) is 0 Å². The molecule has 29 heavy (non-hydrogen) atoms. The standard InChI is InChI=1S/C23H30N2O3S/c1-4-20(21-13-9-6-10-14-21)17-24-23(26)22(18(2)3)25-29(27,28)16-15-19-11-7-5-8-12-19/h5-16,18,20,22,25H,4,17H2,1-3H3,(H,24,26). The van der Waals surface area contributed by atoms with Crippen molar-refractivity contribution < 1.29 is 13.2 Å². The number of carbonyl (C=O) groups is 1. The highest BCUT2D eigenvalue weighted by Gasteiger charge is 2.26. The quantitative estimate of drug-likeness (QED) is 0.619. The molecule has 0 heterocycles. The lowest BCUT2D eigenvalue weighted by Gasteiger charge is -2.23. The van der Waals surface area contributed by atoms with Crippen LogP contribution in [0.3, 0.4) is 0 Å². The third kappa shape index (κ3) is 7.48. The van der Waals surface area contributed by atoms with Gasteiger partial charge >= 0.3 is 0 Å². The number of carbonyl (C=O) groups excluding carboxylic acids is 1. The van der Waals surface area contributed by atoms with Crippen LogP contribution in [0.25, 0.3) is 6.08 Å². The first kappa shape index (κ1) is 22.8. The van der Waals surface area contributed by atoms with Crippen LogP contribution < -0.4 is 10.0 Å². The molecule has 0 fully saturated rings. The fraction of sp³-hybridized carbons (Fsp3) is 0.348. The van der Waals surface area contributed by atoms with Gasteiger partial charge in [-0.25, -0.2) is 8.42 Å². The van der Waals surface area contributed by atoms with Gasteiger partial charge in [0.2, 0.25) is 15.9 Å². The van der Waals surface area contributed by atoms with Crippen LogP contribution in [0.4, 0.5) is 0 Å². The Hall–Kier alpha value is -2.44. The lowest BCUT2D eigenvalue weighted by Crippen LogP contribution is -2.49. The fourth-order valence-corrected chi connectivity index (χ4v) is 4.15. The molecule has 0 saturated carbocycles. The molecular formula is C23H30N2O3S. The summed E-state index contributed by atoms with van der Waals surface area (Å²) in [5.41, 5.74) is 1.93. The van der Waals surface area contributed by atoms with E-state index in [-0.39, 0.29) is 17.7 Å². The van der Waals surface area contributed by atoms with Gasteiger partial charge in [0.05, 0.1) is 0 Å². The first-order valence-corrected chi connectivity index (χ1v) is 11.4. The number of amides is 1. The van der Waals surface area contributed by atoms with E-state index < -0.39 is 16.1 Å². The molecule has 2 aromatic rings. The Morgan fingerprint density at radius 3 is 2.14 bits per heavy atom. The van der Waals surface area contributed by atoms with Gasteiger partial charge in [0.25, 0.3) is 0 Å². The van der Waals surface area contributed by atoms with Crippen molar-refractivity contribution >= 4 is 22.0 Å². The van der Waals surface area contributed by atoms with Gasteiger partial charge in [-0.1, -0.05) is 81.4 Å². The zero-order chi connectivity index (χ0) is 21.3. The summed E-state index contributed by atoms with van der Waals surface area (Å²) in [6.45, 7) is 6.18. The molecule has 2 unspecified atom stereocenters. The third-order valence-electron chi connectivity index (χ3n) is 4.77. The highest BCUT2D eigenvalue weighted by atomic mass is 32.2. The largest absolute Gasteiger partial charge is 0.354 e. The van der Waals surface area contributed by atoms with E-state index in [1.165, 1.54) is 6.08 Å². The number of nitrogens with one attached hydrogen (secondary N) is 2. The predicted molar refractivity (Wildman–Crippen MR) is 119 cm³/mol. The van der Waals surface area contributed by atoms with Crippen molar-refractivity contribution in [3.63, 3.8) is 0 Å². The second-order valence-corrected chi connectivity index (χ2v) is 8.96. The number of hydrogen-bond donors (Lipinski definition) is 2. The van der Waals surface area contributed by atoms with Crippen molar-refractivity contribution in [1.82, 2.24) is 10.0 Å². The summed E-state index contributed by atoms with van der Waals surface area (Å²) in [6, 6.07) is 18.3. The van der Waals surface area contributed by atoms with Crippen LogP contribution in [0, 0.1) is 5.92 Å². The lowest BCUT2D eigenvalue weighted by molar-refractivity contribution is -0.123. The van der Waals surface area contributed by atoms with Crippen molar-refractivity contribution in [3.05, 3.63) is 77.2 Å². The van der Waals surface area contributed by atoms with Crippen LogP contribution in [0.1, 0.15) is 44.2 Å². The van der Waals surface area contributed by atoms with E-state index in [0.29, 0.717) is 6.54 Å². The van der Waals surface area contributed by atoms with E-state index in [9.17, 15) is 13.2 Å². The highest BCUT2D eigenvalue weighted by Crippen LogP contribution is 2.18. The molecule has 0 saturated heterocycles. The van der Waals surface area contributed by atoms with Gasteiger partial charge in [0.1, 0.15) is 6.04 Å². The van der Waals surface area contributed by atoms with E-state index in [1.54, 1.807) is 0 Å². The van der Waals surface area contributed by atoms with Gasteiger partial charge in [0.15, 0.2) is 0 Å². The molecule has 0 spiro atoms. The van der Waals surface area contributed by atoms with E-state index in [2.05, 4.69) is 17.0 Å². The molecule has 2 aromatic carbocycles. The van der Waals surface area contributed by atoms with E-state index in [0.717, 1.165) is 23.0 Å². The molecule has 0 aliphatic heterocycles. The smallest absolute Gasteiger partial charge is 0.238 e. The van der Waals surface area contributed by atoms with Crippen LogP contribution in [0.15, 0.2) is 66.1 Å². The maximum Gasteiger partial charge on any atom is 0.238 e. The molecule has 2 rings (SSSR count). The average molecular weight is 415 g/mol. The van der Waals surface area contributed by atoms with Gasteiger partial charge in [-0.3, -0.25) is 4.79 Å². The number of benzene rings is 2. The van der Waals surface area contributed by atoms with Gasteiger partial charge in [-0.15, -0.1) is 0 Å². The molecule has 5 nitrogen and oxygen atoms in total. The Balaban J connectivity index is 2.02. The van der Waals surface area contributed by atoms with E-state index in [1.807, 2.05) is 74.5 Å². The Labute approximate surface area is 174 Å². The zero-order valence-electron chi connectivity index (χ0n) is 17.2. The van der Waals surface area contributed by atoms with Crippen molar-refractivity contribution in [2.45, 2.75) is 39.2 Å². The third-order valence-corrected chi connectivity index (χ3v) is 5.84. The van der Waals surface area contributed by atoms with E-state index >= 15 is 0 Å². The lowest BCUT2D eigenvalue weighted by atomic mass is 9.96. The minimum atomic E-state index is -3.76.